The van der Waals surface area contributed by atoms with E-state index in [1.54, 1.807) is 0 Å². The van der Waals surface area contributed by atoms with Crippen LogP contribution in [0, 0.1) is 13.8 Å². The molecule has 0 fully saturated rings. The highest BCUT2D eigenvalue weighted by atomic mass is 14.7. The van der Waals surface area contributed by atoms with Gasteiger partial charge in [0, 0.05) is 17.1 Å². The highest BCUT2D eigenvalue weighted by Crippen LogP contribution is 2.24. The van der Waals surface area contributed by atoms with Crippen LogP contribution in [0.5, 0.6) is 0 Å². The summed E-state index contributed by atoms with van der Waals surface area (Å²) in [6.45, 7) is 4.23. The number of fused-ring (bicyclic) bond motifs is 1. The highest BCUT2D eigenvalue weighted by Gasteiger charge is 2.03. The van der Waals surface area contributed by atoms with Crippen LogP contribution >= 0.6 is 0 Å². The quantitative estimate of drug-likeness (QED) is 0.602. The van der Waals surface area contributed by atoms with Crippen LogP contribution in [0.3, 0.4) is 0 Å². The van der Waals surface area contributed by atoms with Crippen LogP contribution in [0.25, 0.3) is 22.0 Å². The first-order valence-electron chi connectivity index (χ1n) is 6.16. The van der Waals surface area contributed by atoms with Gasteiger partial charge >= 0.3 is 0 Å². The molecule has 0 bridgehead atoms. The molecule has 3 aromatic rings. The van der Waals surface area contributed by atoms with Gasteiger partial charge in [0.2, 0.25) is 0 Å². The lowest BCUT2D eigenvalue weighted by molar-refractivity contribution is 1.33. The minimum absolute atomic E-state index is 1.05. The largest absolute Gasteiger partial charge is 0.256 e. The third-order valence-corrected chi connectivity index (χ3v) is 3.30. The fourth-order valence-electron chi connectivity index (χ4n) is 2.27. The van der Waals surface area contributed by atoms with Crippen LogP contribution in [0.15, 0.2) is 54.7 Å². The van der Waals surface area contributed by atoms with Crippen LogP contribution in [0.2, 0.25) is 0 Å². The van der Waals surface area contributed by atoms with E-state index in [4.69, 9.17) is 0 Å². The maximum absolute atomic E-state index is 4.58. The van der Waals surface area contributed by atoms with E-state index in [1.807, 2.05) is 6.20 Å². The number of nitrogens with zero attached hydrogens (tertiary/aromatic N) is 1. The number of hydrogen-bond donors (Lipinski definition) is 0. The molecule has 1 nitrogen and oxygen atoms in total. The number of aromatic nitrogens is 1. The Morgan fingerprint density at radius 3 is 2.50 bits per heavy atom. The molecule has 0 aliphatic carbocycles. The molecular formula is C17H15N. The van der Waals surface area contributed by atoms with Gasteiger partial charge < -0.3 is 0 Å². The summed E-state index contributed by atoms with van der Waals surface area (Å²) >= 11 is 0. The van der Waals surface area contributed by atoms with E-state index in [9.17, 15) is 0 Å². The van der Waals surface area contributed by atoms with E-state index in [2.05, 4.69) is 67.4 Å². The molecule has 0 atom stereocenters. The summed E-state index contributed by atoms with van der Waals surface area (Å²) < 4.78 is 0. The molecular weight excluding hydrogens is 218 g/mol. The monoisotopic (exact) mass is 233 g/mol. The van der Waals surface area contributed by atoms with E-state index in [0.29, 0.717) is 0 Å². The minimum atomic E-state index is 1.05. The SMILES string of the molecule is Cc1ccc2cc(-c3ccccc3C)ncc2c1. The zero-order valence-corrected chi connectivity index (χ0v) is 10.6. The number of rotatable bonds is 1. The van der Waals surface area contributed by atoms with Crippen LogP contribution < -0.4 is 0 Å². The van der Waals surface area contributed by atoms with Gasteiger partial charge in [0.1, 0.15) is 0 Å². The van der Waals surface area contributed by atoms with Crippen molar-refractivity contribution in [2.75, 3.05) is 0 Å². The number of pyridine rings is 1. The summed E-state index contributed by atoms with van der Waals surface area (Å²) in [5.41, 5.74) is 4.79. The number of aryl methyl sites for hydroxylation is 2. The Bertz CT molecular complexity index is 714. The van der Waals surface area contributed by atoms with Crippen molar-refractivity contribution in [2.24, 2.45) is 0 Å². The molecule has 0 saturated carbocycles. The lowest BCUT2D eigenvalue weighted by Crippen LogP contribution is -1.87. The summed E-state index contributed by atoms with van der Waals surface area (Å²) in [4.78, 5) is 4.58. The van der Waals surface area contributed by atoms with Gasteiger partial charge in [-0.3, -0.25) is 4.98 Å². The van der Waals surface area contributed by atoms with Gasteiger partial charge in [-0.2, -0.15) is 0 Å². The molecule has 0 spiro atoms. The zero-order valence-electron chi connectivity index (χ0n) is 10.6. The van der Waals surface area contributed by atoms with Crippen molar-refractivity contribution in [1.29, 1.82) is 0 Å². The second-order valence-electron chi connectivity index (χ2n) is 4.74. The molecule has 18 heavy (non-hydrogen) atoms. The van der Waals surface area contributed by atoms with E-state index in [1.165, 1.54) is 27.5 Å². The van der Waals surface area contributed by atoms with Gasteiger partial charge in [0.15, 0.2) is 0 Å². The van der Waals surface area contributed by atoms with Gasteiger partial charge in [0.05, 0.1) is 5.69 Å². The molecule has 0 amide bonds. The molecule has 3 rings (SSSR count). The topological polar surface area (TPSA) is 12.9 Å². The summed E-state index contributed by atoms with van der Waals surface area (Å²) in [5.74, 6) is 0. The first-order valence-corrected chi connectivity index (χ1v) is 6.16. The van der Waals surface area contributed by atoms with E-state index in [-0.39, 0.29) is 0 Å². The molecule has 0 unspecified atom stereocenters. The van der Waals surface area contributed by atoms with Gasteiger partial charge in [-0.05, 0) is 36.9 Å². The summed E-state index contributed by atoms with van der Waals surface area (Å²) in [6.07, 6.45) is 1.96. The molecule has 0 aliphatic rings. The van der Waals surface area contributed by atoms with Crippen molar-refractivity contribution in [3.05, 3.63) is 65.9 Å². The van der Waals surface area contributed by atoms with Crippen molar-refractivity contribution in [3.8, 4) is 11.3 Å². The molecule has 2 aromatic carbocycles. The standard InChI is InChI=1S/C17H15N/c1-12-7-8-14-10-17(18-11-15(14)9-12)16-6-4-3-5-13(16)2/h3-11H,1-2H3. The molecule has 1 heterocycles. The maximum Gasteiger partial charge on any atom is 0.0711 e. The van der Waals surface area contributed by atoms with Crippen LogP contribution in [-0.4, -0.2) is 4.98 Å². The average Bonchev–Trinajstić information content (AvgIpc) is 2.39. The zero-order chi connectivity index (χ0) is 12.5. The Morgan fingerprint density at radius 1 is 0.833 bits per heavy atom. The number of hydrogen-bond acceptors (Lipinski definition) is 1. The number of benzene rings is 2. The van der Waals surface area contributed by atoms with Crippen LogP contribution in [0.4, 0.5) is 0 Å². The predicted molar refractivity (Wildman–Crippen MR) is 76.7 cm³/mol. The Balaban J connectivity index is 2.20. The lowest BCUT2D eigenvalue weighted by Gasteiger charge is -2.06. The molecule has 88 valence electrons. The van der Waals surface area contributed by atoms with Crippen molar-refractivity contribution in [1.82, 2.24) is 4.98 Å². The Hall–Kier alpha value is -2.15. The normalized spacial score (nSPS) is 10.8. The fourth-order valence-corrected chi connectivity index (χ4v) is 2.27. The second kappa shape index (κ2) is 4.26. The smallest absolute Gasteiger partial charge is 0.0711 e. The lowest BCUT2D eigenvalue weighted by atomic mass is 10.0. The molecule has 0 N–H and O–H groups in total. The summed E-state index contributed by atoms with van der Waals surface area (Å²) in [6, 6.07) is 17.0. The summed E-state index contributed by atoms with van der Waals surface area (Å²) in [5, 5.41) is 2.45. The third kappa shape index (κ3) is 1.88. The molecule has 0 radical (unpaired) electrons. The first kappa shape index (κ1) is 11.0. The third-order valence-electron chi connectivity index (χ3n) is 3.30. The van der Waals surface area contributed by atoms with Gasteiger partial charge in [-0.1, -0.05) is 42.0 Å². The Morgan fingerprint density at radius 2 is 1.67 bits per heavy atom. The van der Waals surface area contributed by atoms with E-state index >= 15 is 0 Å². The molecule has 1 heteroatoms. The average molecular weight is 233 g/mol. The Labute approximate surface area is 107 Å². The van der Waals surface area contributed by atoms with E-state index < -0.39 is 0 Å². The van der Waals surface area contributed by atoms with Crippen molar-refractivity contribution < 1.29 is 0 Å². The predicted octanol–water partition coefficient (Wildman–Crippen LogP) is 4.52. The van der Waals surface area contributed by atoms with E-state index in [0.717, 1.165) is 5.69 Å². The van der Waals surface area contributed by atoms with Crippen molar-refractivity contribution >= 4 is 10.8 Å². The van der Waals surface area contributed by atoms with Crippen LogP contribution in [-0.2, 0) is 0 Å². The first-order chi connectivity index (χ1) is 8.74. The van der Waals surface area contributed by atoms with Gasteiger partial charge in [0.25, 0.3) is 0 Å². The van der Waals surface area contributed by atoms with Crippen LogP contribution in [0.1, 0.15) is 11.1 Å². The fraction of sp³-hybridized carbons (Fsp3) is 0.118. The molecule has 0 aliphatic heterocycles. The molecule has 0 saturated heterocycles. The maximum atomic E-state index is 4.58. The van der Waals surface area contributed by atoms with Crippen molar-refractivity contribution in [2.45, 2.75) is 13.8 Å². The van der Waals surface area contributed by atoms with Crippen molar-refractivity contribution in [3.63, 3.8) is 0 Å². The second-order valence-corrected chi connectivity index (χ2v) is 4.74. The minimum Gasteiger partial charge on any atom is -0.256 e. The van der Waals surface area contributed by atoms with Gasteiger partial charge in [-0.25, -0.2) is 0 Å². The molecule has 1 aromatic heterocycles. The Kier molecular flexibility index (Phi) is 2.60. The highest BCUT2D eigenvalue weighted by molar-refractivity contribution is 5.86. The van der Waals surface area contributed by atoms with Gasteiger partial charge in [-0.15, -0.1) is 0 Å². The summed E-state index contributed by atoms with van der Waals surface area (Å²) in [7, 11) is 0.